The summed E-state index contributed by atoms with van der Waals surface area (Å²) in [7, 11) is 0. The molecule has 0 N–H and O–H groups in total. The Morgan fingerprint density at radius 3 is 2.22 bits per heavy atom. The summed E-state index contributed by atoms with van der Waals surface area (Å²) in [5.74, 6) is 0.263. The highest BCUT2D eigenvalue weighted by atomic mass is 35.5. The third-order valence-corrected chi connectivity index (χ3v) is 6.65. The van der Waals surface area contributed by atoms with Crippen molar-refractivity contribution >= 4 is 23.3 Å². The molecule has 0 aliphatic carbocycles. The predicted octanol–water partition coefficient (Wildman–Crippen LogP) is 5.11. The summed E-state index contributed by atoms with van der Waals surface area (Å²) in [4.78, 5) is 27.7. The maximum absolute atomic E-state index is 13.0. The van der Waals surface area contributed by atoms with E-state index in [9.17, 15) is 9.59 Å². The number of carbonyl (C=O) groups is 2. The normalized spacial score (nSPS) is 14.6. The zero-order chi connectivity index (χ0) is 22.8. The van der Waals surface area contributed by atoms with Gasteiger partial charge in [-0.2, -0.15) is 5.10 Å². The number of piperidine rings is 1. The second kappa shape index (κ2) is 9.29. The van der Waals surface area contributed by atoms with Crippen LogP contribution in [0.3, 0.4) is 0 Å². The molecule has 0 radical (unpaired) electrons. The van der Waals surface area contributed by atoms with Gasteiger partial charge in [-0.05, 0) is 57.9 Å². The zero-order valence-corrected chi connectivity index (χ0v) is 19.5. The summed E-state index contributed by atoms with van der Waals surface area (Å²) in [6.45, 7) is 7.17. The van der Waals surface area contributed by atoms with Crippen LogP contribution in [0.2, 0.25) is 5.02 Å². The number of hydrogen-bond acceptors (Lipinski definition) is 3. The number of Topliss-reactive ketones (excluding diaryl/α,β-unsaturated/α-hetero) is 1. The van der Waals surface area contributed by atoms with Crippen LogP contribution in [0, 0.1) is 26.7 Å². The first-order valence-corrected chi connectivity index (χ1v) is 11.4. The van der Waals surface area contributed by atoms with Gasteiger partial charge in [-0.15, -0.1) is 0 Å². The number of carbonyl (C=O) groups excluding carboxylic acids is 2. The average Bonchev–Trinajstić information content (AvgIpc) is 3.08. The molecule has 5 nitrogen and oxygen atoms in total. The van der Waals surface area contributed by atoms with Crippen molar-refractivity contribution in [2.24, 2.45) is 5.92 Å². The van der Waals surface area contributed by atoms with Crippen molar-refractivity contribution < 1.29 is 9.59 Å². The van der Waals surface area contributed by atoms with Crippen LogP contribution >= 0.6 is 11.6 Å². The van der Waals surface area contributed by atoms with Gasteiger partial charge >= 0.3 is 0 Å². The lowest BCUT2D eigenvalue weighted by molar-refractivity contribution is -0.131. The Morgan fingerprint density at radius 2 is 1.59 bits per heavy atom. The molecule has 0 unspecified atom stereocenters. The molecule has 1 saturated heterocycles. The van der Waals surface area contributed by atoms with Crippen molar-refractivity contribution in [3.05, 3.63) is 81.6 Å². The predicted molar refractivity (Wildman–Crippen MR) is 127 cm³/mol. The molecule has 4 rings (SSSR count). The highest BCUT2D eigenvalue weighted by molar-refractivity contribution is 6.30. The van der Waals surface area contributed by atoms with E-state index >= 15 is 0 Å². The quantitative estimate of drug-likeness (QED) is 0.508. The molecule has 0 bridgehead atoms. The Hall–Kier alpha value is -2.92. The number of halogens is 1. The van der Waals surface area contributed by atoms with Gasteiger partial charge in [-0.25, -0.2) is 4.68 Å². The molecule has 2 aromatic carbocycles. The highest BCUT2D eigenvalue weighted by Gasteiger charge is 2.28. The minimum atomic E-state index is -0.0158. The minimum Gasteiger partial charge on any atom is -0.342 e. The number of hydrogen-bond donors (Lipinski definition) is 0. The monoisotopic (exact) mass is 449 g/mol. The lowest BCUT2D eigenvalue weighted by Gasteiger charge is -2.31. The van der Waals surface area contributed by atoms with Crippen LogP contribution in [0.4, 0.5) is 0 Å². The number of aryl methyl sites for hydroxylation is 2. The van der Waals surface area contributed by atoms with Gasteiger partial charge in [0.1, 0.15) is 0 Å². The van der Waals surface area contributed by atoms with E-state index in [1.165, 1.54) is 0 Å². The summed E-state index contributed by atoms with van der Waals surface area (Å²) >= 11 is 6.00. The first-order valence-electron chi connectivity index (χ1n) is 11.0. The van der Waals surface area contributed by atoms with Crippen LogP contribution in [-0.2, 0) is 11.2 Å². The average molecular weight is 450 g/mol. The Bertz CT molecular complexity index is 1130. The van der Waals surface area contributed by atoms with Gasteiger partial charge in [0.05, 0.1) is 17.8 Å². The van der Waals surface area contributed by atoms with E-state index in [4.69, 9.17) is 11.6 Å². The highest BCUT2D eigenvalue weighted by Crippen LogP contribution is 2.24. The molecule has 166 valence electrons. The molecule has 32 heavy (non-hydrogen) atoms. The molecule has 3 aromatic rings. The molecular weight excluding hydrogens is 422 g/mol. The van der Waals surface area contributed by atoms with Crippen molar-refractivity contribution in [1.82, 2.24) is 14.7 Å². The van der Waals surface area contributed by atoms with E-state index in [1.807, 2.05) is 78.9 Å². The number of benzene rings is 2. The van der Waals surface area contributed by atoms with E-state index in [1.54, 1.807) is 0 Å². The topological polar surface area (TPSA) is 55.2 Å². The summed E-state index contributed by atoms with van der Waals surface area (Å²) in [5.41, 5.74) is 5.61. The largest absolute Gasteiger partial charge is 0.342 e. The lowest BCUT2D eigenvalue weighted by Crippen LogP contribution is -2.41. The molecule has 2 heterocycles. The summed E-state index contributed by atoms with van der Waals surface area (Å²) in [6, 6.07) is 15.3. The van der Waals surface area contributed by atoms with Crippen LogP contribution in [0.1, 0.15) is 45.7 Å². The molecular formula is C26H28ClN3O2. The Labute approximate surface area is 194 Å². The number of amides is 1. The number of ketones is 1. The van der Waals surface area contributed by atoms with Crippen molar-refractivity contribution in [3.63, 3.8) is 0 Å². The number of aromatic nitrogens is 2. The van der Waals surface area contributed by atoms with Crippen LogP contribution in [-0.4, -0.2) is 39.5 Å². The zero-order valence-electron chi connectivity index (χ0n) is 18.8. The van der Waals surface area contributed by atoms with Crippen LogP contribution in [0.5, 0.6) is 0 Å². The van der Waals surface area contributed by atoms with E-state index < -0.39 is 0 Å². The molecule has 6 heteroatoms. The van der Waals surface area contributed by atoms with Crippen LogP contribution < -0.4 is 0 Å². The first kappa shape index (κ1) is 22.3. The Morgan fingerprint density at radius 1 is 0.969 bits per heavy atom. The molecule has 1 aromatic heterocycles. The van der Waals surface area contributed by atoms with Crippen molar-refractivity contribution in [1.29, 1.82) is 0 Å². The molecule has 0 spiro atoms. The van der Waals surface area contributed by atoms with Gasteiger partial charge in [-0.1, -0.05) is 41.4 Å². The van der Waals surface area contributed by atoms with Gasteiger partial charge in [0.2, 0.25) is 5.91 Å². The summed E-state index contributed by atoms with van der Waals surface area (Å²) in [6.07, 6.45) is 1.74. The third kappa shape index (κ3) is 4.63. The van der Waals surface area contributed by atoms with Crippen LogP contribution in [0.25, 0.3) is 5.69 Å². The number of rotatable bonds is 5. The van der Waals surface area contributed by atoms with Gasteiger partial charge in [-0.3, -0.25) is 9.59 Å². The first-order chi connectivity index (χ1) is 15.3. The summed E-state index contributed by atoms with van der Waals surface area (Å²) < 4.78 is 1.86. The van der Waals surface area contributed by atoms with Crippen LogP contribution in [0.15, 0.2) is 48.5 Å². The molecule has 0 saturated carbocycles. The maximum Gasteiger partial charge on any atom is 0.227 e. The van der Waals surface area contributed by atoms with E-state index in [2.05, 4.69) is 5.10 Å². The molecule has 1 aliphatic heterocycles. The lowest BCUT2D eigenvalue weighted by atomic mass is 9.88. The van der Waals surface area contributed by atoms with Gasteiger partial charge in [0.15, 0.2) is 5.78 Å². The van der Waals surface area contributed by atoms with E-state index in [0.717, 1.165) is 33.8 Å². The van der Waals surface area contributed by atoms with E-state index in [-0.39, 0.29) is 17.6 Å². The number of likely N-dealkylation sites (tertiary alicyclic amines) is 1. The molecule has 0 atom stereocenters. The standard InChI is InChI=1S/C26H28ClN3O2/c1-17-4-6-20(7-5-17)26(32)21-12-14-29(15-13-21)25(31)16-24-18(2)28-30(19(24)3)23-10-8-22(27)9-11-23/h4-11,21H,12-16H2,1-3H3. The van der Waals surface area contributed by atoms with Gasteiger partial charge < -0.3 is 4.90 Å². The smallest absolute Gasteiger partial charge is 0.227 e. The second-order valence-electron chi connectivity index (χ2n) is 8.60. The maximum atomic E-state index is 13.0. The fraction of sp³-hybridized carbons (Fsp3) is 0.346. The fourth-order valence-electron chi connectivity index (χ4n) is 4.37. The van der Waals surface area contributed by atoms with Gasteiger partial charge in [0.25, 0.3) is 0 Å². The SMILES string of the molecule is Cc1ccc(C(=O)C2CCN(C(=O)Cc3c(C)nn(-c4ccc(Cl)cc4)c3C)CC2)cc1. The third-order valence-electron chi connectivity index (χ3n) is 6.39. The van der Waals surface area contributed by atoms with Gasteiger partial charge in [0, 0.05) is 40.9 Å². The fourth-order valence-corrected chi connectivity index (χ4v) is 4.50. The Balaban J connectivity index is 1.39. The Kier molecular flexibility index (Phi) is 6.47. The second-order valence-corrected chi connectivity index (χ2v) is 9.04. The molecule has 1 aliphatic rings. The summed E-state index contributed by atoms with van der Waals surface area (Å²) in [5, 5.41) is 5.32. The number of nitrogens with zero attached hydrogens (tertiary/aromatic N) is 3. The van der Waals surface area contributed by atoms with Crippen molar-refractivity contribution in [2.45, 2.75) is 40.0 Å². The van der Waals surface area contributed by atoms with Crippen molar-refractivity contribution in [2.75, 3.05) is 13.1 Å². The molecule has 1 amide bonds. The minimum absolute atomic E-state index is 0.0158. The molecule has 1 fully saturated rings. The van der Waals surface area contributed by atoms with Crippen molar-refractivity contribution in [3.8, 4) is 5.69 Å². The van der Waals surface area contributed by atoms with E-state index in [0.29, 0.717) is 37.4 Å².